The van der Waals surface area contributed by atoms with Crippen LogP contribution in [0.15, 0.2) is 24.4 Å². The number of halogens is 3. The minimum Gasteiger partial charge on any atom is -0.380 e. The second-order valence-corrected chi connectivity index (χ2v) is 5.65. The molecule has 108 valence electrons. The van der Waals surface area contributed by atoms with E-state index in [1.807, 2.05) is 6.92 Å². The third kappa shape index (κ3) is 3.50. The highest BCUT2D eigenvalue weighted by Gasteiger charge is 2.32. The standard InChI is InChI=1S/C14H15F3N2S/c1-3-13-19-8-11(20-13)7-18-10-5-4-9(2)12(6-10)14(15,16)17/h4-6,8,18H,3,7H2,1-2H3. The molecule has 0 saturated heterocycles. The lowest BCUT2D eigenvalue weighted by molar-refractivity contribution is -0.138. The monoisotopic (exact) mass is 300 g/mol. The molecule has 1 N–H and O–H groups in total. The first-order valence-corrected chi connectivity index (χ1v) is 7.07. The zero-order valence-corrected chi connectivity index (χ0v) is 12.0. The molecule has 0 bridgehead atoms. The topological polar surface area (TPSA) is 24.9 Å². The van der Waals surface area contributed by atoms with Gasteiger partial charge >= 0.3 is 6.18 Å². The van der Waals surface area contributed by atoms with Gasteiger partial charge in [-0.05, 0) is 31.0 Å². The van der Waals surface area contributed by atoms with Crippen LogP contribution in [0.2, 0.25) is 0 Å². The lowest BCUT2D eigenvalue weighted by atomic mass is 10.1. The smallest absolute Gasteiger partial charge is 0.380 e. The van der Waals surface area contributed by atoms with Crippen LogP contribution in [0.3, 0.4) is 0 Å². The van der Waals surface area contributed by atoms with E-state index in [9.17, 15) is 13.2 Å². The Morgan fingerprint density at radius 3 is 2.65 bits per heavy atom. The number of hydrogen-bond donors (Lipinski definition) is 1. The van der Waals surface area contributed by atoms with Gasteiger partial charge in [-0.3, -0.25) is 0 Å². The number of anilines is 1. The van der Waals surface area contributed by atoms with Crippen LogP contribution in [-0.2, 0) is 19.1 Å². The highest BCUT2D eigenvalue weighted by atomic mass is 32.1. The number of nitrogens with one attached hydrogen (secondary N) is 1. The van der Waals surface area contributed by atoms with Gasteiger partial charge in [-0.25, -0.2) is 4.98 Å². The summed E-state index contributed by atoms with van der Waals surface area (Å²) in [5, 5.41) is 4.04. The summed E-state index contributed by atoms with van der Waals surface area (Å²) >= 11 is 1.57. The summed E-state index contributed by atoms with van der Waals surface area (Å²) in [6.45, 7) is 3.97. The van der Waals surface area contributed by atoms with Crippen molar-refractivity contribution in [1.82, 2.24) is 4.98 Å². The van der Waals surface area contributed by atoms with E-state index in [1.54, 1.807) is 23.6 Å². The van der Waals surface area contributed by atoms with Crippen molar-refractivity contribution in [3.63, 3.8) is 0 Å². The molecule has 1 aromatic carbocycles. The van der Waals surface area contributed by atoms with Gasteiger partial charge in [-0.2, -0.15) is 13.2 Å². The summed E-state index contributed by atoms with van der Waals surface area (Å²) in [5.74, 6) is 0. The van der Waals surface area contributed by atoms with Crippen LogP contribution in [0.25, 0.3) is 0 Å². The Bertz CT molecular complexity index is 590. The van der Waals surface area contributed by atoms with E-state index in [4.69, 9.17) is 0 Å². The van der Waals surface area contributed by atoms with Crippen molar-refractivity contribution in [2.75, 3.05) is 5.32 Å². The Balaban J connectivity index is 2.10. The molecule has 0 amide bonds. The zero-order chi connectivity index (χ0) is 14.8. The van der Waals surface area contributed by atoms with Crippen LogP contribution in [0.1, 0.15) is 27.9 Å². The summed E-state index contributed by atoms with van der Waals surface area (Å²) in [6, 6.07) is 4.29. The normalized spacial score (nSPS) is 11.7. The van der Waals surface area contributed by atoms with Gasteiger partial charge in [0, 0.05) is 16.8 Å². The fraction of sp³-hybridized carbons (Fsp3) is 0.357. The molecule has 20 heavy (non-hydrogen) atoms. The van der Waals surface area contributed by atoms with Crippen molar-refractivity contribution in [2.24, 2.45) is 0 Å². The average Bonchev–Trinajstić information content (AvgIpc) is 2.84. The molecular weight excluding hydrogens is 285 g/mol. The van der Waals surface area contributed by atoms with E-state index in [-0.39, 0.29) is 5.56 Å². The Hall–Kier alpha value is -1.56. The molecular formula is C14H15F3N2S. The predicted octanol–water partition coefficient (Wildman–Crippen LogP) is 4.64. The molecule has 0 unspecified atom stereocenters. The summed E-state index contributed by atoms with van der Waals surface area (Å²) in [7, 11) is 0. The minimum atomic E-state index is -4.32. The molecule has 6 heteroatoms. The third-order valence-corrected chi connectivity index (χ3v) is 4.06. The fourth-order valence-corrected chi connectivity index (χ4v) is 2.62. The summed E-state index contributed by atoms with van der Waals surface area (Å²) in [4.78, 5) is 5.23. The van der Waals surface area contributed by atoms with Crippen molar-refractivity contribution in [3.05, 3.63) is 45.4 Å². The van der Waals surface area contributed by atoms with Gasteiger partial charge in [-0.15, -0.1) is 11.3 Å². The molecule has 0 aliphatic carbocycles. The molecule has 0 aliphatic rings. The maximum atomic E-state index is 12.8. The van der Waals surface area contributed by atoms with Gasteiger partial charge in [0.1, 0.15) is 0 Å². The fourth-order valence-electron chi connectivity index (χ4n) is 1.82. The van der Waals surface area contributed by atoms with Crippen molar-refractivity contribution in [1.29, 1.82) is 0 Å². The van der Waals surface area contributed by atoms with E-state index in [1.165, 1.54) is 13.0 Å². The quantitative estimate of drug-likeness (QED) is 0.889. The summed E-state index contributed by atoms with van der Waals surface area (Å²) < 4.78 is 38.4. The molecule has 0 aliphatic heterocycles. The Morgan fingerprint density at radius 2 is 2.05 bits per heavy atom. The lowest BCUT2D eigenvalue weighted by Crippen LogP contribution is -2.08. The van der Waals surface area contributed by atoms with E-state index >= 15 is 0 Å². The zero-order valence-electron chi connectivity index (χ0n) is 11.2. The second-order valence-electron chi connectivity index (χ2n) is 4.45. The SMILES string of the molecule is CCc1ncc(CNc2ccc(C)c(C(F)(F)F)c2)s1. The molecule has 0 saturated carbocycles. The van der Waals surface area contributed by atoms with Crippen molar-refractivity contribution < 1.29 is 13.2 Å². The molecule has 1 heterocycles. The first kappa shape index (κ1) is 14.8. The number of alkyl halides is 3. The molecule has 0 radical (unpaired) electrons. The molecule has 1 aromatic heterocycles. The molecule has 2 nitrogen and oxygen atoms in total. The van der Waals surface area contributed by atoms with Crippen molar-refractivity contribution in [3.8, 4) is 0 Å². The van der Waals surface area contributed by atoms with Crippen LogP contribution in [0.5, 0.6) is 0 Å². The maximum absolute atomic E-state index is 12.8. The van der Waals surface area contributed by atoms with Gasteiger partial charge in [-0.1, -0.05) is 13.0 Å². The molecule has 0 atom stereocenters. The number of aromatic nitrogens is 1. The van der Waals surface area contributed by atoms with Crippen molar-refractivity contribution >= 4 is 17.0 Å². The summed E-state index contributed by atoms with van der Waals surface area (Å²) in [6.07, 6.45) is -1.69. The number of benzene rings is 1. The highest BCUT2D eigenvalue weighted by molar-refractivity contribution is 7.11. The van der Waals surface area contributed by atoms with Gasteiger partial charge in [0.05, 0.1) is 17.1 Å². The first-order chi connectivity index (χ1) is 9.40. The third-order valence-electron chi connectivity index (χ3n) is 2.91. The number of nitrogens with zero attached hydrogens (tertiary/aromatic N) is 1. The van der Waals surface area contributed by atoms with E-state index in [0.29, 0.717) is 12.2 Å². The average molecular weight is 300 g/mol. The molecule has 0 fully saturated rings. The minimum absolute atomic E-state index is 0.231. The Morgan fingerprint density at radius 1 is 1.30 bits per heavy atom. The van der Waals surface area contributed by atoms with Gasteiger partial charge in [0.2, 0.25) is 0 Å². The number of thiazole rings is 1. The molecule has 2 aromatic rings. The van der Waals surface area contributed by atoms with Crippen molar-refractivity contribution in [2.45, 2.75) is 33.0 Å². The van der Waals surface area contributed by atoms with Crippen LogP contribution in [0, 0.1) is 6.92 Å². The maximum Gasteiger partial charge on any atom is 0.416 e. The predicted molar refractivity (Wildman–Crippen MR) is 75.0 cm³/mol. The largest absolute Gasteiger partial charge is 0.416 e. The second kappa shape index (κ2) is 5.83. The van der Waals surface area contributed by atoms with Crippen LogP contribution in [0.4, 0.5) is 18.9 Å². The molecule has 2 rings (SSSR count). The Labute approximate surface area is 119 Å². The number of hydrogen-bond acceptors (Lipinski definition) is 3. The highest BCUT2D eigenvalue weighted by Crippen LogP contribution is 2.33. The number of aryl methyl sites for hydroxylation is 2. The molecule has 0 spiro atoms. The van der Waals surface area contributed by atoms with Gasteiger partial charge in [0.25, 0.3) is 0 Å². The van der Waals surface area contributed by atoms with Crippen LogP contribution in [-0.4, -0.2) is 4.98 Å². The van der Waals surface area contributed by atoms with E-state index in [2.05, 4.69) is 10.3 Å². The Kier molecular flexibility index (Phi) is 4.32. The van der Waals surface area contributed by atoms with E-state index < -0.39 is 11.7 Å². The van der Waals surface area contributed by atoms with Gasteiger partial charge < -0.3 is 5.32 Å². The van der Waals surface area contributed by atoms with Gasteiger partial charge in [0.15, 0.2) is 0 Å². The lowest BCUT2D eigenvalue weighted by Gasteiger charge is -2.12. The summed E-state index contributed by atoms with van der Waals surface area (Å²) in [5.41, 5.74) is 0.101. The first-order valence-electron chi connectivity index (χ1n) is 6.25. The van der Waals surface area contributed by atoms with E-state index in [0.717, 1.165) is 22.4 Å². The number of rotatable bonds is 4. The van der Waals surface area contributed by atoms with Crippen LogP contribution >= 0.6 is 11.3 Å². The van der Waals surface area contributed by atoms with Crippen LogP contribution < -0.4 is 5.32 Å².